The van der Waals surface area contributed by atoms with Gasteiger partial charge in [0.2, 0.25) is 5.91 Å². The molecule has 0 radical (unpaired) electrons. The Hall–Kier alpha value is -0.940. The molecule has 1 aliphatic heterocycles. The van der Waals surface area contributed by atoms with E-state index in [4.69, 9.17) is 0 Å². The van der Waals surface area contributed by atoms with Crippen LogP contribution in [-0.2, 0) is 11.3 Å². The number of hydrogen-bond acceptors (Lipinski definition) is 4. The lowest BCUT2D eigenvalue weighted by molar-refractivity contribution is -0.136. The van der Waals surface area contributed by atoms with Gasteiger partial charge in [-0.05, 0) is 19.9 Å². The van der Waals surface area contributed by atoms with Crippen molar-refractivity contribution in [3.05, 3.63) is 16.6 Å². The van der Waals surface area contributed by atoms with Crippen LogP contribution in [0.4, 0.5) is 0 Å². The Bertz CT molecular complexity index is 325. The largest absolute Gasteiger partial charge is 0.335 e. The van der Waals surface area contributed by atoms with Gasteiger partial charge in [-0.1, -0.05) is 0 Å². The third-order valence-corrected chi connectivity index (χ3v) is 3.45. The normalized spacial score (nSPS) is 22.1. The molecule has 0 saturated carbocycles. The molecule has 1 aromatic heterocycles. The number of carbonyl (C=O) groups excluding carboxylic acids is 1. The molecule has 2 rings (SSSR count). The van der Waals surface area contributed by atoms with Crippen LogP contribution in [0, 0.1) is 0 Å². The number of hydrogen-bond donors (Lipinski definition) is 1. The Morgan fingerprint density at radius 2 is 2.60 bits per heavy atom. The number of amides is 1. The molecule has 15 heavy (non-hydrogen) atoms. The molecule has 1 N–H and O–H groups in total. The van der Waals surface area contributed by atoms with Crippen molar-refractivity contribution in [2.24, 2.45) is 0 Å². The van der Waals surface area contributed by atoms with Crippen molar-refractivity contribution in [2.45, 2.75) is 25.4 Å². The second kappa shape index (κ2) is 4.72. The van der Waals surface area contributed by atoms with Crippen LogP contribution in [0.2, 0.25) is 0 Å². The number of aromatic nitrogens is 1. The van der Waals surface area contributed by atoms with E-state index in [2.05, 4.69) is 10.3 Å². The zero-order valence-electron chi connectivity index (χ0n) is 8.77. The van der Waals surface area contributed by atoms with Gasteiger partial charge >= 0.3 is 0 Å². The SMILES string of the molecule is CNC1CCCN(Cc2nccs2)C1=O. The van der Waals surface area contributed by atoms with Crippen LogP contribution < -0.4 is 5.32 Å². The quantitative estimate of drug-likeness (QED) is 0.829. The molecule has 1 amide bonds. The Labute approximate surface area is 93.3 Å². The van der Waals surface area contributed by atoms with Gasteiger partial charge in [0, 0.05) is 18.1 Å². The molecule has 0 spiro atoms. The van der Waals surface area contributed by atoms with E-state index in [9.17, 15) is 4.79 Å². The summed E-state index contributed by atoms with van der Waals surface area (Å²) in [6.07, 6.45) is 3.80. The van der Waals surface area contributed by atoms with Crippen molar-refractivity contribution in [1.82, 2.24) is 15.2 Å². The Balaban J connectivity index is 1.99. The van der Waals surface area contributed by atoms with Crippen molar-refractivity contribution in [3.63, 3.8) is 0 Å². The number of likely N-dealkylation sites (tertiary alicyclic amines) is 1. The number of carbonyl (C=O) groups is 1. The lowest BCUT2D eigenvalue weighted by atomic mass is 10.1. The molecular formula is C10H15N3OS. The average Bonchev–Trinajstić information content (AvgIpc) is 2.74. The number of rotatable bonds is 3. The van der Waals surface area contributed by atoms with Gasteiger partial charge in [0.15, 0.2) is 0 Å². The Kier molecular flexibility index (Phi) is 3.33. The summed E-state index contributed by atoms with van der Waals surface area (Å²) >= 11 is 1.60. The maximum atomic E-state index is 11.9. The minimum atomic E-state index is -0.00119. The standard InChI is InChI=1S/C10H15N3OS/c1-11-8-3-2-5-13(10(8)14)7-9-12-4-6-15-9/h4,6,8,11H,2-3,5,7H2,1H3. The van der Waals surface area contributed by atoms with Gasteiger partial charge in [-0.25, -0.2) is 4.98 Å². The first kappa shape index (κ1) is 10.6. The topological polar surface area (TPSA) is 45.2 Å². The monoisotopic (exact) mass is 225 g/mol. The average molecular weight is 225 g/mol. The van der Waals surface area contributed by atoms with Crippen LogP contribution in [0.25, 0.3) is 0 Å². The lowest BCUT2D eigenvalue weighted by Crippen LogP contribution is -2.49. The van der Waals surface area contributed by atoms with Crippen LogP contribution in [0.5, 0.6) is 0 Å². The molecular weight excluding hydrogens is 210 g/mol. The van der Waals surface area contributed by atoms with Crippen molar-refractivity contribution in [1.29, 1.82) is 0 Å². The summed E-state index contributed by atoms with van der Waals surface area (Å²) in [5.41, 5.74) is 0. The second-order valence-corrected chi connectivity index (χ2v) is 4.65. The number of likely N-dealkylation sites (N-methyl/N-ethyl adjacent to an activating group) is 1. The van der Waals surface area contributed by atoms with Crippen LogP contribution in [-0.4, -0.2) is 35.4 Å². The molecule has 1 aliphatic rings. The molecule has 0 bridgehead atoms. The summed E-state index contributed by atoms with van der Waals surface area (Å²) in [4.78, 5) is 18.0. The number of piperidine rings is 1. The molecule has 1 unspecified atom stereocenters. The van der Waals surface area contributed by atoms with E-state index in [1.54, 1.807) is 17.5 Å². The van der Waals surface area contributed by atoms with E-state index < -0.39 is 0 Å². The molecule has 5 heteroatoms. The van der Waals surface area contributed by atoms with E-state index in [-0.39, 0.29) is 11.9 Å². The second-order valence-electron chi connectivity index (χ2n) is 3.67. The maximum absolute atomic E-state index is 11.9. The van der Waals surface area contributed by atoms with E-state index in [0.29, 0.717) is 6.54 Å². The summed E-state index contributed by atoms with van der Waals surface area (Å²) < 4.78 is 0. The van der Waals surface area contributed by atoms with Crippen LogP contribution >= 0.6 is 11.3 Å². The molecule has 1 atom stereocenters. The van der Waals surface area contributed by atoms with Crippen molar-refractivity contribution in [3.8, 4) is 0 Å². The minimum Gasteiger partial charge on any atom is -0.335 e. The summed E-state index contributed by atoms with van der Waals surface area (Å²) in [5.74, 6) is 0.207. The van der Waals surface area contributed by atoms with Gasteiger partial charge < -0.3 is 10.2 Å². The first-order valence-corrected chi connectivity index (χ1v) is 6.03. The van der Waals surface area contributed by atoms with Gasteiger partial charge in [-0.3, -0.25) is 4.79 Å². The minimum absolute atomic E-state index is 0.00119. The van der Waals surface area contributed by atoms with Gasteiger partial charge in [0.05, 0.1) is 12.6 Å². The summed E-state index contributed by atoms with van der Waals surface area (Å²) in [7, 11) is 1.84. The van der Waals surface area contributed by atoms with Crippen LogP contribution in [0.3, 0.4) is 0 Å². The van der Waals surface area contributed by atoms with E-state index in [1.807, 2.05) is 17.3 Å². The highest BCUT2D eigenvalue weighted by atomic mass is 32.1. The van der Waals surface area contributed by atoms with E-state index >= 15 is 0 Å². The lowest BCUT2D eigenvalue weighted by Gasteiger charge is -2.31. The van der Waals surface area contributed by atoms with Crippen molar-refractivity contribution >= 4 is 17.2 Å². The Morgan fingerprint density at radius 1 is 1.73 bits per heavy atom. The third-order valence-electron chi connectivity index (χ3n) is 2.69. The van der Waals surface area contributed by atoms with E-state index in [1.165, 1.54) is 0 Å². The molecule has 0 aromatic carbocycles. The van der Waals surface area contributed by atoms with Crippen molar-refractivity contribution < 1.29 is 4.79 Å². The number of nitrogens with zero attached hydrogens (tertiary/aromatic N) is 2. The Morgan fingerprint density at radius 3 is 3.27 bits per heavy atom. The zero-order chi connectivity index (χ0) is 10.7. The predicted molar refractivity (Wildman–Crippen MR) is 59.6 cm³/mol. The van der Waals surface area contributed by atoms with Crippen LogP contribution in [0.15, 0.2) is 11.6 Å². The molecule has 0 aliphatic carbocycles. The van der Waals surface area contributed by atoms with Crippen LogP contribution in [0.1, 0.15) is 17.8 Å². The highest BCUT2D eigenvalue weighted by molar-refractivity contribution is 7.09. The van der Waals surface area contributed by atoms with E-state index in [0.717, 1.165) is 24.4 Å². The van der Waals surface area contributed by atoms with Gasteiger partial charge in [-0.2, -0.15) is 0 Å². The summed E-state index contributed by atoms with van der Waals surface area (Å²) in [5, 5.41) is 6.01. The summed E-state index contributed by atoms with van der Waals surface area (Å²) in [6, 6.07) is -0.00119. The first-order chi connectivity index (χ1) is 7.31. The maximum Gasteiger partial charge on any atom is 0.240 e. The first-order valence-electron chi connectivity index (χ1n) is 5.15. The number of thiazole rings is 1. The third kappa shape index (κ3) is 2.35. The van der Waals surface area contributed by atoms with Gasteiger partial charge in [-0.15, -0.1) is 11.3 Å². The molecule has 4 nitrogen and oxygen atoms in total. The van der Waals surface area contributed by atoms with Gasteiger partial charge in [0.1, 0.15) is 5.01 Å². The molecule has 82 valence electrons. The van der Waals surface area contributed by atoms with Gasteiger partial charge in [0.25, 0.3) is 0 Å². The molecule has 1 fully saturated rings. The highest BCUT2D eigenvalue weighted by Gasteiger charge is 2.27. The number of nitrogens with one attached hydrogen (secondary N) is 1. The fraction of sp³-hybridized carbons (Fsp3) is 0.600. The fourth-order valence-electron chi connectivity index (χ4n) is 1.86. The van der Waals surface area contributed by atoms with Crippen molar-refractivity contribution in [2.75, 3.05) is 13.6 Å². The zero-order valence-corrected chi connectivity index (χ0v) is 9.59. The molecule has 2 heterocycles. The highest BCUT2D eigenvalue weighted by Crippen LogP contribution is 2.15. The fourth-order valence-corrected chi connectivity index (χ4v) is 2.49. The molecule has 1 aromatic rings. The predicted octanol–water partition coefficient (Wildman–Crippen LogP) is 0.853. The summed E-state index contributed by atoms with van der Waals surface area (Å²) in [6.45, 7) is 1.52. The smallest absolute Gasteiger partial charge is 0.240 e. The molecule has 1 saturated heterocycles.